The summed E-state index contributed by atoms with van der Waals surface area (Å²) in [5, 5.41) is 16.6. The minimum atomic E-state index is -1.32. The van der Waals surface area contributed by atoms with Crippen molar-refractivity contribution in [2.24, 2.45) is 0 Å². The number of ether oxygens (including phenoxy) is 1. The molecule has 0 bridgehead atoms. The van der Waals surface area contributed by atoms with Crippen LogP contribution >= 0.6 is 0 Å². The maximum atomic E-state index is 12.9. The lowest BCUT2D eigenvalue weighted by atomic mass is 10.2. The Kier molecular flexibility index (Phi) is 3.92. The minimum absolute atomic E-state index is 0.210. The molecule has 3 aromatic rings. The smallest absolute Gasteiger partial charge is 0.362 e. The molecule has 1 heterocycles. The lowest BCUT2D eigenvalue weighted by molar-refractivity contribution is 0.0685. The zero-order valence-corrected chi connectivity index (χ0v) is 11.7. The van der Waals surface area contributed by atoms with Gasteiger partial charge in [0.2, 0.25) is 5.69 Å². The number of halogens is 1. The second kappa shape index (κ2) is 6.18. The van der Waals surface area contributed by atoms with Crippen molar-refractivity contribution >= 4 is 5.97 Å². The van der Waals surface area contributed by atoms with Gasteiger partial charge < -0.3 is 9.84 Å². The van der Waals surface area contributed by atoms with Gasteiger partial charge in [0.25, 0.3) is 5.88 Å². The van der Waals surface area contributed by atoms with Crippen LogP contribution in [0.15, 0.2) is 54.6 Å². The molecule has 0 radical (unpaired) electrons. The summed E-state index contributed by atoms with van der Waals surface area (Å²) in [6, 6.07) is 14.1. The predicted molar refractivity (Wildman–Crippen MR) is 78.7 cm³/mol. The van der Waals surface area contributed by atoms with Crippen LogP contribution in [-0.4, -0.2) is 26.3 Å². The van der Waals surface area contributed by atoms with E-state index in [0.29, 0.717) is 5.56 Å². The molecule has 6 nitrogen and oxygen atoms in total. The van der Waals surface area contributed by atoms with E-state index in [1.165, 1.54) is 24.3 Å². The van der Waals surface area contributed by atoms with Crippen LogP contribution in [-0.2, 0) is 0 Å². The molecule has 0 saturated heterocycles. The maximum absolute atomic E-state index is 12.9. The highest BCUT2D eigenvalue weighted by Gasteiger charge is 2.18. The number of benzene rings is 2. The third-order valence-corrected chi connectivity index (χ3v) is 2.92. The first kappa shape index (κ1) is 14.6. The topological polar surface area (TPSA) is 85.2 Å². The fourth-order valence-corrected chi connectivity index (χ4v) is 1.84. The Morgan fingerprint density at radius 2 is 1.70 bits per heavy atom. The second-order valence-corrected chi connectivity index (χ2v) is 4.52. The van der Waals surface area contributed by atoms with Crippen molar-refractivity contribution in [3.05, 3.63) is 66.1 Å². The summed E-state index contributed by atoms with van der Waals surface area (Å²) in [4.78, 5) is 15.3. The van der Waals surface area contributed by atoms with E-state index in [1.54, 1.807) is 24.3 Å². The Balaban J connectivity index is 2.01. The van der Waals surface area contributed by atoms with E-state index < -0.39 is 17.5 Å². The lowest BCUT2D eigenvalue weighted by Gasteiger charge is -2.08. The van der Waals surface area contributed by atoms with Crippen LogP contribution in [0.4, 0.5) is 4.39 Å². The average molecular weight is 311 g/mol. The summed E-state index contributed by atoms with van der Waals surface area (Å²) in [6.45, 7) is 0. The molecule has 0 unspecified atom stereocenters. The van der Waals surface area contributed by atoms with Crippen LogP contribution in [0.25, 0.3) is 11.4 Å². The number of carboxylic acids is 1. The monoisotopic (exact) mass is 311 g/mol. The highest BCUT2D eigenvalue weighted by Crippen LogP contribution is 2.24. The van der Waals surface area contributed by atoms with Crippen molar-refractivity contribution in [3.8, 4) is 23.0 Å². The molecule has 7 heteroatoms. The van der Waals surface area contributed by atoms with Crippen molar-refractivity contribution in [1.82, 2.24) is 15.2 Å². The zero-order valence-electron chi connectivity index (χ0n) is 11.7. The number of aromatic carboxylic acids is 1. The summed E-state index contributed by atoms with van der Waals surface area (Å²) in [6.07, 6.45) is 0. The molecule has 2 aromatic carbocycles. The molecular formula is C16H10FN3O3. The van der Waals surface area contributed by atoms with E-state index in [0.717, 1.165) is 0 Å². The summed E-state index contributed by atoms with van der Waals surface area (Å²) in [5.74, 6) is -1.48. The number of hydrogen-bond acceptors (Lipinski definition) is 5. The van der Waals surface area contributed by atoms with E-state index in [1.807, 2.05) is 6.07 Å². The summed E-state index contributed by atoms with van der Waals surface area (Å²) in [7, 11) is 0. The molecule has 1 N–H and O–H groups in total. The Labute approximate surface area is 130 Å². The molecule has 1 aromatic heterocycles. The van der Waals surface area contributed by atoms with Crippen LogP contribution in [0.5, 0.6) is 11.6 Å². The first-order valence-corrected chi connectivity index (χ1v) is 6.60. The average Bonchev–Trinajstić information content (AvgIpc) is 2.57. The quantitative estimate of drug-likeness (QED) is 0.796. The normalized spacial score (nSPS) is 10.3. The molecule has 0 atom stereocenters. The van der Waals surface area contributed by atoms with E-state index in [-0.39, 0.29) is 17.5 Å². The van der Waals surface area contributed by atoms with Crippen LogP contribution < -0.4 is 4.74 Å². The number of carbonyl (C=O) groups is 1. The zero-order chi connectivity index (χ0) is 16.2. The Bertz CT molecular complexity index is 839. The highest BCUT2D eigenvalue weighted by molar-refractivity contribution is 5.87. The van der Waals surface area contributed by atoms with Crippen LogP contribution in [0.2, 0.25) is 0 Å². The van der Waals surface area contributed by atoms with Crippen LogP contribution in [0.1, 0.15) is 10.5 Å². The summed E-state index contributed by atoms with van der Waals surface area (Å²) in [5.41, 5.74) is 0.245. The van der Waals surface area contributed by atoms with Crippen LogP contribution in [0.3, 0.4) is 0 Å². The number of hydrogen-bond donors (Lipinski definition) is 1. The van der Waals surface area contributed by atoms with Gasteiger partial charge in [0.05, 0.1) is 0 Å². The molecule has 3 rings (SSSR count). The van der Waals surface area contributed by atoms with E-state index >= 15 is 0 Å². The van der Waals surface area contributed by atoms with Gasteiger partial charge in [-0.2, -0.15) is 4.98 Å². The predicted octanol–water partition coefficient (Wildman–Crippen LogP) is 3.17. The van der Waals surface area contributed by atoms with Gasteiger partial charge >= 0.3 is 5.97 Å². The van der Waals surface area contributed by atoms with Gasteiger partial charge in [0, 0.05) is 5.56 Å². The van der Waals surface area contributed by atoms with Crippen molar-refractivity contribution < 1.29 is 19.0 Å². The molecule has 0 amide bonds. The first-order chi connectivity index (χ1) is 11.1. The first-order valence-electron chi connectivity index (χ1n) is 6.60. The molecular weight excluding hydrogens is 301 g/mol. The number of rotatable bonds is 4. The number of nitrogens with zero attached hydrogens (tertiary/aromatic N) is 3. The van der Waals surface area contributed by atoms with Gasteiger partial charge in [0.1, 0.15) is 11.6 Å². The minimum Gasteiger partial charge on any atom is -0.476 e. The summed E-state index contributed by atoms with van der Waals surface area (Å²) < 4.78 is 18.4. The SMILES string of the molecule is O=C(O)c1nnc(-c2ccccc2)nc1Oc1ccc(F)cc1. The van der Waals surface area contributed by atoms with Gasteiger partial charge in [-0.1, -0.05) is 30.3 Å². The van der Waals surface area contributed by atoms with Gasteiger partial charge in [-0.15, -0.1) is 10.2 Å². The Hall–Kier alpha value is -3.35. The van der Waals surface area contributed by atoms with Gasteiger partial charge in [-0.25, -0.2) is 9.18 Å². The summed E-state index contributed by atoms with van der Waals surface area (Å²) >= 11 is 0. The standard InChI is InChI=1S/C16H10FN3O3/c17-11-6-8-12(9-7-11)23-15-13(16(21)22)19-20-14(18-15)10-4-2-1-3-5-10/h1-9H,(H,21,22). The van der Waals surface area contributed by atoms with E-state index in [4.69, 9.17) is 9.84 Å². The number of carboxylic acid groups (broad SMARTS) is 1. The third kappa shape index (κ3) is 3.29. The fraction of sp³-hybridized carbons (Fsp3) is 0. The molecule has 114 valence electrons. The second-order valence-electron chi connectivity index (χ2n) is 4.52. The van der Waals surface area contributed by atoms with E-state index in [9.17, 15) is 9.18 Å². The Morgan fingerprint density at radius 1 is 1.00 bits per heavy atom. The molecule has 0 aliphatic rings. The molecule has 0 aliphatic carbocycles. The molecule has 0 spiro atoms. The number of aromatic nitrogens is 3. The van der Waals surface area contributed by atoms with Crippen LogP contribution in [0, 0.1) is 5.82 Å². The Morgan fingerprint density at radius 3 is 2.35 bits per heavy atom. The molecule has 0 saturated carbocycles. The van der Waals surface area contributed by atoms with Crippen molar-refractivity contribution in [3.63, 3.8) is 0 Å². The van der Waals surface area contributed by atoms with Gasteiger partial charge in [0.15, 0.2) is 5.82 Å². The maximum Gasteiger partial charge on any atom is 0.362 e. The fourth-order valence-electron chi connectivity index (χ4n) is 1.84. The largest absolute Gasteiger partial charge is 0.476 e. The highest BCUT2D eigenvalue weighted by atomic mass is 19.1. The van der Waals surface area contributed by atoms with Gasteiger partial charge in [-0.3, -0.25) is 0 Å². The van der Waals surface area contributed by atoms with Crippen molar-refractivity contribution in [2.45, 2.75) is 0 Å². The molecule has 0 fully saturated rings. The van der Waals surface area contributed by atoms with Crippen molar-refractivity contribution in [1.29, 1.82) is 0 Å². The molecule has 0 aliphatic heterocycles. The molecule has 23 heavy (non-hydrogen) atoms. The third-order valence-electron chi connectivity index (χ3n) is 2.92. The van der Waals surface area contributed by atoms with Crippen molar-refractivity contribution in [2.75, 3.05) is 0 Å². The van der Waals surface area contributed by atoms with Gasteiger partial charge in [-0.05, 0) is 24.3 Å². The van der Waals surface area contributed by atoms with E-state index in [2.05, 4.69) is 15.2 Å². The lowest BCUT2D eigenvalue weighted by Crippen LogP contribution is -2.08.